The summed E-state index contributed by atoms with van der Waals surface area (Å²) in [6.45, 7) is 2.12. The number of aryl methyl sites for hydroxylation is 1. The third-order valence-corrected chi connectivity index (χ3v) is 3.97. The zero-order valence-corrected chi connectivity index (χ0v) is 11.4. The van der Waals surface area contributed by atoms with Gasteiger partial charge in [0.25, 0.3) is 0 Å². The Kier molecular flexibility index (Phi) is 4.31. The topological polar surface area (TPSA) is 104 Å². The number of carboxylic acid groups (broad SMARTS) is 1. The van der Waals surface area contributed by atoms with E-state index in [9.17, 15) is 9.59 Å². The summed E-state index contributed by atoms with van der Waals surface area (Å²) in [6.07, 6.45) is 2.44. The van der Waals surface area contributed by atoms with Crippen molar-refractivity contribution in [1.82, 2.24) is 14.7 Å². The summed E-state index contributed by atoms with van der Waals surface area (Å²) in [5.41, 5.74) is 0. The van der Waals surface area contributed by atoms with Crippen LogP contribution in [0.5, 0.6) is 0 Å². The van der Waals surface area contributed by atoms with Crippen LogP contribution in [-0.2, 0) is 4.79 Å². The molecule has 1 heterocycles. The number of urea groups is 1. The van der Waals surface area contributed by atoms with Gasteiger partial charge < -0.3 is 10.4 Å². The maximum Gasteiger partial charge on any atom is 0.321 e. The minimum Gasteiger partial charge on any atom is -0.481 e. The number of rotatable bonds is 4. The van der Waals surface area contributed by atoms with E-state index in [-0.39, 0.29) is 17.9 Å². The Hall–Kier alpha value is -1.70. The normalized spacial score (nSPS) is 22.2. The Balaban J connectivity index is 1.78. The van der Waals surface area contributed by atoms with Crippen LogP contribution >= 0.6 is 11.5 Å². The molecular weight excluding hydrogens is 268 g/mol. The molecule has 1 aliphatic carbocycles. The van der Waals surface area contributed by atoms with Crippen molar-refractivity contribution >= 4 is 28.7 Å². The van der Waals surface area contributed by atoms with Crippen molar-refractivity contribution in [1.29, 1.82) is 0 Å². The Morgan fingerprint density at radius 2 is 2.26 bits per heavy atom. The molecule has 0 aromatic carbocycles. The third kappa shape index (κ3) is 3.63. The molecule has 0 radical (unpaired) electrons. The molecule has 19 heavy (non-hydrogen) atoms. The molecule has 0 saturated heterocycles. The fraction of sp³-hybridized carbons (Fsp3) is 0.636. The number of aromatic nitrogens is 2. The predicted molar refractivity (Wildman–Crippen MR) is 70.1 cm³/mol. The zero-order chi connectivity index (χ0) is 13.8. The van der Waals surface area contributed by atoms with Crippen molar-refractivity contribution in [3.63, 3.8) is 0 Å². The second-order valence-corrected chi connectivity index (χ2v) is 5.37. The first kappa shape index (κ1) is 13.7. The van der Waals surface area contributed by atoms with Gasteiger partial charge in [-0.1, -0.05) is 6.42 Å². The lowest BCUT2D eigenvalue weighted by Gasteiger charge is -2.16. The minimum absolute atomic E-state index is 0.0133. The molecule has 7 nitrogen and oxygen atoms in total. The number of anilines is 1. The standard InChI is InChI=1S/C11H16N4O3S/c1-6-13-11(19-15-6)14-10(18)12-5-7-3-2-4-8(7)9(16)17/h7-8H,2-5H2,1H3,(H,16,17)(H2,12,13,14,15,18). The summed E-state index contributed by atoms with van der Waals surface area (Å²) in [5, 5.41) is 14.8. The summed E-state index contributed by atoms with van der Waals surface area (Å²) in [4.78, 5) is 26.6. The van der Waals surface area contributed by atoms with E-state index in [1.165, 1.54) is 0 Å². The molecule has 8 heteroatoms. The number of carboxylic acids is 1. The van der Waals surface area contributed by atoms with E-state index in [1.54, 1.807) is 6.92 Å². The number of hydrogen-bond donors (Lipinski definition) is 3. The van der Waals surface area contributed by atoms with Gasteiger partial charge in [0, 0.05) is 18.1 Å². The van der Waals surface area contributed by atoms with Crippen LogP contribution in [-0.4, -0.2) is 33.0 Å². The molecule has 0 spiro atoms. The highest BCUT2D eigenvalue weighted by Gasteiger charge is 2.32. The van der Waals surface area contributed by atoms with E-state index >= 15 is 0 Å². The van der Waals surface area contributed by atoms with Gasteiger partial charge in [-0.25, -0.2) is 9.78 Å². The van der Waals surface area contributed by atoms with Gasteiger partial charge in [0.1, 0.15) is 5.82 Å². The van der Waals surface area contributed by atoms with E-state index in [0.29, 0.717) is 23.9 Å². The fourth-order valence-corrected chi connectivity index (χ4v) is 2.89. The lowest BCUT2D eigenvalue weighted by molar-refractivity contribution is -0.142. The lowest BCUT2D eigenvalue weighted by atomic mass is 9.96. The van der Waals surface area contributed by atoms with Gasteiger partial charge in [-0.05, 0) is 25.7 Å². The molecule has 2 unspecified atom stereocenters. The number of amides is 2. The highest BCUT2D eigenvalue weighted by Crippen LogP contribution is 2.31. The van der Waals surface area contributed by atoms with Crippen molar-refractivity contribution in [2.24, 2.45) is 11.8 Å². The second-order valence-electron chi connectivity index (χ2n) is 4.62. The Bertz CT molecular complexity index is 476. The molecule has 0 aliphatic heterocycles. The van der Waals surface area contributed by atoms with E-state index in [1.807, 2.05) is 0 Å². The third-order valence-electron chi connectivity index (χ3n) is 3.25. The minimum atomic E-state index is -0.774. The van der Waals surface area contributed by atoms with E-state index in [0.717, 1.165) is 24.4 Å². The number of aliphatic carboxylic acids is 1. The van der Waals surface area contributed by atoms with E-state index in [4.69, 9.17) is 5.11 Å². The number of nitrogens with one attached hydrogen (secondary N) is 2. The molecule has 2 rings (SSSR count). The maximum atomic E-state index is 11.6. The molecule has 1 saturated carbocycles. The molecule has 3 N–H and O–H groups in total. The molecule has 1 aliphatic rings. The van der Waals surface area contributed by atoms with Crippen molar-refractivity contribution in [2.75, 3.05) is 11.9 Å². The van der Waals surface area contributed by atoms with Crippen LogP contribution in [0, 0.1) is 18.8 Å². The molecule has 1 aromatic heterocycles. The number of carbonyl (C=O) groups excluding carboxylic acids is 1. The second kappa shape index (κ2) is 5.96. The zero-order valence-electron chi connectivity index (χ0n) is 10.5. The molecule has 2 amide bonds. The number of carbonyl (C=O) groups is 2. The smallest absolute Gasteiger partial charge is 0.321 e. The first-order valence-corrected chi connectivity index (χ1v) is 6.91. The van der Waals surface area contributed by atoms with Crippen LogP contribution < -0.4 is 10.6 Å². The average molecular weight is 284 g/mol. The molecule has 1 aromatic rings. The monoisotopic (exact) mass is 284 g/mol. The van der Waals surface area contributed by atoms with Gasteiger partial charge in [-0.15, -0.1) is 0 Å². The predicted octanol–water partition coefficient (Wildman–Crippen LogP) is 1.47. The molecule has 1 fully saturated rings. The van der Waals surface area contributed by atoms with Gasteiger partial charge in [0.15, 0.2) is 0 Å². The van der Waals surface area contributed by atoms with Crippen LogP contribution in [0.2, 0.25) is 0 Å². The van der Waals surface area contributed by atoms with Crippen LogP contribution in [0.4, 0.5) is 9.93 Å². The summed E-state index contributed by atoms with van der Waals surface area (Å²) in [5.74, 6) is -0.491. The first-order valence-electron chi connectivity index (χ1n) is 6.14. The molecule has 104 valence electrons. The SMILES string of the molecule is Cc1nsc(NC(=O)NCC2CCCC2C(=O)O)n1. The van der Waals surface area contributed by atoms with Gasteiger partial charge in [-0.3, -0.25) is 10.1 Å². The van der Waals surface area contributed by atoms with Crippen molar-refractivity contribution in [3.05, 3.63) is 5.82 Å². The molecule has 2 atom stereocenters. The van der Waals surface area contributed by atoms with Gasteiger partial charge >= 0.3 is 12.0 Å². The summed E-state index contributed by atoms with van der Waals surface area (Å²) in [7, 11) is 0. The maximum absolute atomic E-state index is 11.6. The van der Waals surface area contributed by atoms with Crippen molar-refractivity contribution in [2.45, 2.75) is 26.2 Å². The number of hydrogen-bond acceptors (Lipinski definition) is 5. The van der Waals surface area contributed by atoms with Crippen molar-refractivity contribution < 1.29 is 14.7 Å². The van der Waals surface area contributed by atoms with Crippen LogP contribution in [0.1, 0.15) is 25.1 Å². The highest BCUT2D eigenvalue weighted by atomic mass is 32.1. The summed E-state index contributed by atoms with van der Waals surface area (Å²) in [6, 6.07) is -0.368. The van der Waals surface area contributed by atoms with Gasteiger partial charge in [0.05, 0.1) is 5.92 Å². The number of nitrogens with zero attached hydrogens (tertiary/aromatic N) is 2. The lowest BCUT2D eigenvalue weighted by Crippen LogP contribution is -2.35. The quantitative estimate of drug-likeness (QED) is 0.776. The molecule has 0 bridgehead atoms. The Morgan fingerprint density at radius 3 is 2.89 bits per heavy atom. The van der Waals surface area contributed by atoms with Crippen LogP contribution in [0.3, 0.4) is 0 Å². The van der Waals surface area contributed by atoms with Crippen molar-refractivity contribution in [3.8, 4) is 0 Å². The largest absolute Gasteiger partial charge is 0.481 e. The summed E-state index contributed by atoms with van der Waals surface area (Å²) < 4.78 is 3.95. The molecular formula is C11H16N4O3S. The van der Waals surface area contributed by atoms with Crippen LogP contribution in [0.25, 0.3) is 0 Å². The highest BCUT2D eigenvalue weighted by molar-refractivity contribution is 7.09. The van der Waals surface area contributed by atoms with Crippen LogP contribution in [0.15, 0.2) is 0 Å². The van der Waals surface area contributed by atoms with E-state index < -0.39 is 5.97 Å². The summed E-state index contributed by atoms with van der Waals surface area (Å²) >= 11 is 1.11. The van der Waals surface area contributed by atoms with Gasteiger partial charge in [0.2, 0.25) is 5.13 Å². The first-order chi connectivity index (χ1) is 9.06. The Labute approximate surface area is 114 Å². The van der Waals surface area contributed by atoms with Gasteiger partial charge in [-0.2, -0.15) is 4.37 Å². The fourth-order valence-electron chi connectivity index (χ4n) is 2.32. The Morgan fingerprint density at radius 1 is 1.47 bits per heavy atom. The average Bonchev–Trinajstić information content (AvgIpc) is 2.95. The van der Waals surface area contributed by atoms with E-state index in [2.05, 4.69) is 20.0 Å².